The number of carbonyl (C=O) groups excluding carboxylic acids is 1. The Labute approximate surface area is 152 Å². The number of methoxy groups -OCH3 is 1. The lowest BCUT2D eigenvalue weighted by Gasteiger charge is -2.10. The highest BCUT2D eigenvalue weighted by Crippen LogP contribution is 2.26. The highest BCUT2D eigenvalue weighted by molar-refractivity contribution is 9.10. The average Bonchev–Trinajstić information content (AvgIpc) is 2.53. The molecule has 0 aromatic heterocycles. The van der Waals surface area contributed by atoms with Gasteiger partial charge in [0.2, 0.25) is 15.9 Å². The zero-order chi connectivity index (χ0) is 17.7. The molecule has 2 rings (SSSR count). The summed E-state index contributed by atoms with van der Waals surface area (Å²) in [5.41, 5.74) is 0.334. The Morgan fingerprint density at radius 3 is 2.50 bits per heavy atom. The SMILES string of the molecule is COc1ccc(NC(=O)CSc2ccc(Br)cc2)cc1S(N)(=O)=O. The van der Waals surface area contributed by atoms with Crippen molar-refractivity contribution >= 4 is 49.3 Å². The number of nitrogens with two attached hydrogens (primary N) is 1. The molecule has 6 nitrogen and oxygen atoms in total. The first-order valence-corrected chi connectivity index (χ1v) is 10.0. The molecule has 0 spiro atoms. The van der Waals surface area contributed by atoms with E-state index >= 15 is 0 Å². The van der Waals surface area contributed by atoms with Crippen LogP contribution in [0.3, 0.4) is 0 Å². The summed E-state index contributed by atoms with van der Waals surface area (Å²) in [4.78, 5) is 12.8. The number of halogens is 1. The Balaban J connectivity index is 2.05. The van der Waals surface area contributed by atoms with Crippen molar-refractivity contribution in [1.29, 1.82) is 0 Å². The van der Waals surface area contributed by atoms with Crippen LogP contribution in [0.4, 0.5) is 5.69 Å². The number of ether oxygens (including phenoxy) is 1. The van der Waals surface area contributed by atoms with E-state index in [1.54, 1.807) is 6.07 Å². The maximum Gasteiger partial charge on any atom is 0.241 e. The van der Waals surface area contributed by atoms with Gasteiger partial charge in [0, 0.05) is 15.1 Å². The van der Waals surface area contributed by atoms with Crippen molar-refractivity contribution in [3.8, 4) is 5.75 Å². The summed E-state index contributed by atoms with van der Waals surface area (Å²) < 4.78 is 29.1. The van der Waals surface area contributed by atoms with E-state index in [0.717, 1.165) is 9.37 Å². The molecule has 2 aromatic carbocycles. The Kier molecular flexibility index (Phi) is 6.27. The van der Waals surface area contributed by atoms with Crippen molar-refractivity contribution in [2.45, 2.75) is 9.79 Å². The summed E-state index contributed by atoms with van der Waals surface area (Å²) in [7, 11) is -2.60. The molecule has 2 aromatic rings. The molecule has 0 aliphatic rings. The zero-order valence-electron chi connectivity index (χ0n) is 12.7. The lowest BCUT2D eigenvalue weighted by atomic mass is 10.3. The van der Waals surface area contributed by atoms with Crippen molar-refractivity contribution in [3.05, 3.63) is 46.9 Å². The smallest absolute Gasteiger partial charge is 0.241 e. The first-order valence-electron chi connectivity index (χ1n) is 6.68. The van der Waals surface area contributed by atoms with Crippen molar-refractivity contribution in [1.82, 2.24) is 0 Å². The van der Waals surface area contributed by atoms with Gasteiger partial charge in [-0.15, -0.1) is 11.8 Å². The molecule has 0 atom stereocenters. The lowest BCUT2D eigenvalue weighted by Crippen LogP contribution is -2.16. The number of sulfonamides is 1. The van der Waals surface area contributed by atoms with Gasteiger partial charge in [-0.05, 0) is 42.5 Å². The third-order valence-corrected chi connectivity index (χ3v) is 5.41. The molecule has 128 valence electrons. The molecule has 0 saturated heterocycles. The summed E-state index contributed by atoms with van der Waals surface area (Å²) in [6.45, 7) is 0. The molecule has 3 N–H and O–H groups in total. The quantitative estimate of drug-likeness (QED) is 0.686. The molecule has 0 unspecified atom stereocenters. The van der Waals surface area contributed by atoms with Crippen LogP contribution in [0.5, 0.6) is 5.75 Å². The third kappa shape index (κ3) is 5.23. The number of primary sulfonamides is 1. The fourth-order valence-corrected chi connectivity index (χ4v) is 3.54. The van der Waals surface area contributed by atoms with Crippen LogP contribution in [-0.2, 0) is 14.8 Å². The fourth-order valence-electron chi connectivity index (χ4n) is 1.85. The molecular weight excluding hydrogens is 416 g/mol. The lowest BCUT2D eigenvalue weighted by molar-refractivity contribution is -0.113. The first kappa shape index (κ1) is 18.8. The number of rotatable bonds is 6. The van der Waals surface area contributed by atoms with E-state index in [4.69, 9.17) is 9.88 Å². The summed E-state index contributed by atoms with van der Waals surface area (Å²) in [5, 5.41) is 7.79. The van der Waals surface area contributed by atoms with Gasteiger partial charge in [0.25, 0.3) is 0 Å². The minimum Gasteiger partial charge on any atom is -0.495 e. The van der Waals surface area contributed by atoms with Gasteiger partial charge in [0.1, 0.15) is 10.6 Å². The van der Waals surface area contributed by atoms with Crippen molar-refractivity contribution in [3.63, 3.8) is 0 Å². The van der Waals surface area contributed by atoms with E-state index in [2.05, 4.69) is 21.2 Å². The van der Waals surface area contributed by atoms with Crippen LogP contribution in [0, 0.1) is 0 Å². The number of benzene rings is 2. The van der Waals surface area contributed by atoms with Gasteiger partial charge in [-0.25, -0.2) is 13.6 Å². The molecule has 0 radical (unpaired) electrons. The number of thioether (sulfide) groups is 1. The minimum atomic E-state index is -3.95. The van der Waals surface area contributed by atoms with E-state index in [0.29, 0.717) is 5.69 Å². The molecular formula is C15H15BrN2O4S2. The van der Waals surface area contributed by atoms with Gasteiger partial charge < -0.3 is 10.1 Å². The van der Waals surface area contributed by atoms with Crippen LogP contribution in [0.15, 0.2) is 56.7 Å². The Morgan fingerprint density at radius 1 is 1.25 bits per heavy atom. The van der Waals surface area contributed by atoms with Crippen LogP contribution in [0.25, 0.3) is 0 Å². The average molecular weight is 431 g/mol. The fraction of sp³-hybridized carbons (Fsp3) is 0.133. The normalized spacial score (nSPS) is 11.1. The molecule has 0 saturated carbocycles. The number of hydrogen-bond donors (Lipinski definition) is 2. The van der Waals surface area contributed by atoms with Crippen LogP contribution in [0.2, 0.25) is 0 Å². The van der Waals surface area contributed by atoms with E-state index < -0.39 is 10.0 Å². The van der Waals surface area contributed by atoms with Crippen LogP contribution >= 0.6 is 27.7 Å². The summed E-state index contributed by atoms with van der Waals surface area (Å²) in [6, 6.07) is 11.8. The topological polar surface area (TPSA) is 98.5 Å². The van der Waals surface area contributed by atoms with Gasteiger partial charge in [0.05, 0.1) is 12.9 Å². The van der Waals surface area contributed by atoms with E-state index in [9.17, 15) is 13.2 Å². The van der Waals surface area contributed by atoms with Crippen molar-refractivity contribution < 1.29 is 17.9 Å². The second-order valence-corrected chi connectivity index (χ2v) is 8.20. The molecule has 0 aliphatic heterocycles. The van der Waals surface area contributed by atoms with Gasteiger partial charge in [-0.1, -0.05) is 15.9 Å². The number of nitrogens with one attached hydrogen (secondary N) is 1. The second kappa shape index (κ2) is 8.02. The summed E-state index contributed by atoms with van der Waals surface area (Å²) in [6.07, 6.45) is 0. The molecule has 0 aliphatic carbocycles. The molecule has 0 fully saturated rings. The maximum absolute atomic E-state index is 12.0. The molecule has 1 amide bonds. The van der Waals surface area contributed by atoms with Crippen molar-refractivity contribution in [2.24, 2.45) is 5.14 Å². The number of anilines is 1. The first-order chi connectivity index (χ1) is 11.3. The van der Waals surface area contributed by atoms with Gasteiger partial charge in [-0.2, -0.15) is 0 Å². The number of hydrogen-bond acceptors (Lipinski definition) is 5. The highest BCUT2D eigenvalue weighted by atomic mass is 79.9. The molecule has 0 bridgehead atoms. The number of carbonyl (C=O) groups is 1. The van der Waals surface area contributed by atoms with Gasteiger partial charge in [0.15, 0.2) is 0 Å². The maximum atomic E-state index is 12.0. The van der Waals surface area contributed by atoms with Crippen molar-refractivity contribution in [2.75, 3.05) is 18.2 Å². The largest absolute Gasteiger partial charge is 0.495 e. The second-order valence-electron chi connectivity index (χ2n) is 4.70. The summed E-state index contributed by atoms with van der Waals surface area (Å²) >= 11 is 4.72. The molecule has 24 heavy (non-hydrogen) atoms. The predicted molar refractivity (Wildman–Crippen MR) is 97.9 cm³/mol. The standard InChI is InChI=1S/C15H15BrN2O4S2/c1-22-13-7-4-11(8-14(13)24(17,20)21)18-15(19)9-23-12-5-2-10(16)3-6-12/h2-8H,9H2,1H3,(H,18,19)(H2,17,20,21). The molecule has 9 heteroatoms. The van der Waals surface area contributed by atoms with Gasteiger partial charge in [-0.3, -0.25) is 4.79 Å². The highest BCUT2D eigenvalue weighted by Gasteiger charge is 2.16. The monoisotopic (exact) mass is 430 g/mol. The van der Waals surface area contributed by atoms with E-state index in [1.165, 1.54) is 31.0 Å². The third-order valence-electron chi connectivity index (χ3n) is 2.94. The Morgan fingerprint density at radius 2 is 1.92 bits per heavy atom. The van der Waals surface area contributed by atoms with E-state index in [-0.39, 0.29) is 22.3 Å². The van der Waals surface area contributed by atoms with Gasteiger partial charge >= 0.3 is 0 Å². The van der Waals surface area contributed by atoms with Crippen LogP contribution in [0.1, 0.15) is 0 Å². The Hall–Kier alpha value is -1.55. The van der Waals surface area contributed by atoms with Crippen LogP contribution < -0.4 is 15.2 Å². The minimum absolute atomic E-state index is 0.125. The predicted octanol–water partition coefficient (Wildman–Crippen LogP) is 2.84. The summed E-state index contributed by atoms with van der Waals surface area (Å²) in [5.74, 6) is 0.0615. The molecule has 0 heterocycles. The number of amides is 1. The zero-order valence-corrected chi connectivity index (χ0v) is 15.9. The Bertz CT molecular complexity index is 839. The van der Waals surface area contributed by atoms with E-state index in [1.807, 2.05) is 24.3 Å². The van der Waals surface area contributed by atoms with Crippen LogP contribution in [-0.4, -0.2) is 27.2 Å².